The molecular formula is C20H26N2O3S2. The molecule has 0 radical (unpaired) electrons. The molecule has 2 heterocycles. The van der Waals surface area contributed by atoms with E-state index in [1.807, 2.05) is 30.4 Å². The Morgan fingerprint density at radius 3 is 2.81 bits per heavy atom. The lowest BCUT2D eigenvalue weighted by Gasteiger charge is -2.19. The number of anilines is 1. The summed E-state index contributed by atoms with van der Waals surface area (Å²) in [6, 6.07) is 8.27. The van der Waals surface area contributed by atoms with Gasteiger partial charge in [0.1, 0.15) is 0 Å². The summed E-state index contributed by atoms with van der Waals surface area (Å²) in [5.41, 5.74) is 3.21. The standard InChI is InChI=1S/C20H26N2O3S2/c1-14-8-9-15-17(13-14)27(25)22(2)16-10-12-26-20(16)19(15)21-11-6-4-3-5-7-18(23)24/h8-10,12-13,19,21H,3-7,11H2,1-2H3,(H,23,24). The number of unbranched alkanes of at least 4 members (excludes halogenated alkanes) is 3. The first kappa shape index (κ1) is 20.0. The molecule has 5 nitrogen and oxygen atoms in total. The molecule has 2 N–H and O–H groups in total. The molecule has 7 heteroatoms. The van der Waals surface area contributed by atoms with Crippen LogP contribution in [0.4, 0.5) is 5.69 Å². The van der Waals surface area contributed by atoms with Crippen LogP contribution in [0.5, 0.6) is 0 Å². The molecular weight excluding hydrogens is 380 g/mol. The number of aryl methyl sites for hydroxylation is 1. The normalized spacial score (nSPS) is 18.7. The summed E-state index contributed by atoms with van der Waals surface area (Å²) in [5.74, 6) is -0.721. The highest BCUT2D eigenvalue weighted by atomic mass is 32.2. The molecule has 0 spiro atoms. The SMILES string of the molecule is Cc1ccc2c(c1)S(=O)N(C)c1ccsc1C2NCCCCCCC(=O)O. The molecule has 1 aliphatic heterocycles. The maximum absolute atomic E-state index is 13.1. The number of carboxylic acids is 1. The van der Waals surface area contributed by atoms with Crippen molar-refractivity contribution in [3.05, 3.63) is 45.6 Å². The van der Waals surface area contributed by atoms with Gasteiger partial charge in [-0.25, -0.2) is 4.21 Å². The zero-order valence-electron chi connectivity index (χ0n) is 15.7. The van der Waals surface area contributed by atoms with Gasteiger partial charge < -0.3 is 10.4 Å². The molecule has 0 saturated carbocycles. The number of aliphatic carboxylic acids is 1. The minimum atomic E-state index is -1.22. The van der Waals surface area contributed by atoms with Gasteiger partial charge in [-0.3, -0.25) is 9.10 Å². The van der Waals surface area contributed by atoms with Crippen LogP contribution in [0.25, 0.3) is 0 Å². The van der Waals surface area contributed by atoms with Gasteiger partial charge in [0, 0.05) is 13.5 Å². The van der Waals surface area contributed by atoms with Crippen molar-refractivity contribution >= 4 is 34.0 Å². The highest BCUT2D eigenvalue weighted by Crippen LogP contribution is 2.41. The van der Waals surface area contributed by atoms with Gasteiger partial charge in [-0.15, -0.1) is 11.3 Å². The molecule has 2 aromatic rings. The molecule has 3 rings (SSSR count). The first-order valence-corrected chi connectivity index (χ1v) is 11.3. The molecule has 0 bridgehead atoms. The minimum Gasteiger partial charge on any atom is -0.481 e. The number of carboxylic acid groups (broad SMARTS) is 1. The van der Waals surface area contributed by atoms with Crippen LogP contribution in [-0.2, 0) is 15.8 Å². The van der Waals surface area contributed by atoms with Crippen molar-refractivity contribution in [1.82, 2.24) is 5.32 Å². The molecule has 2 unspecified atom stereocenters. The summed E-state index contributed by atoms with van der Waals surface area (Å²) in [6.07, 6.45) is 3.93. The van der Waals surface area contributed by atoms with E-state index >= 15 is 0 Å². The van der Waals surface area contributed by atoms with Crippen molar-refractivity contribution in [2.24, 2.45) is 0 Å². The number of benzene rings is 1. The molecule has 1 aliphatic rings. The average Bonchev–Trinajstić information content (AvgIpc) is 3.09. The number of nitrogens with one attached hydrogen (secondary N) is 1. The zero-order chi connectivity index (χ0) is 19.4. The van der Waals surface area contributed by atoms with Crippen LogP contribution in [0.3, 0.4) is 0 Å². The van der Waals surface area contributed by atoms with Crippen LogP contribution in [0.1, 0.15) is 54.1 Å². The van der Waals surface area contributed by atoms with Crippen molar-refractivity contribution in [3.63, 3.8) is 0 Å². The molecule has 0 amide bonds. The number of hydrogen-bond acceptors (Lipinski definition) is 4. The van der Waals surface area contributed by atoms with Gasteiger partial charge in [0.05, 0.1) is 21.5 Å². The van der Waals surface area contributed by atoms with E-state index in [1.165, 1.54) is 4.88 Å². The molecule has 0 fully saturated rings. The van der Waals surface area contributed by atoms with Gasteiger partial charge >= 0.3 is 5.97 Å². The molecule has 2 atom stereocenters. The molecule has 1 aromatic carbocycles. The molecule has 0 aliphatic carbocycles. The molecule has 0 saturated heterocycles. The lowest BCUT2D eigenvalue weighted by Crippen LogP contribution is -2.23. The zero-order valence-corrected chi connectivity index (χ0v) is 17.4. The van der Waals surface area contributed by atoms with Crippen molar-refractivity contribution in [2.45, 2.75) is 50.0 Å². The summed E-state index contributed by atoms with van der Waals surface area (Å²) in [5, 5.41) is 14.4. The minimum absolute atomic E-state index is 0.0310. The third-order valence-electron chi connectivity index (χ3n) is 4.86. The first-order chi connectivity index (χ1) is 13.0. The second-order valence-electron chi connectivity index (χ2n) is 6.90. The predicted octanol–water partition coefficient (Wildman–Crippen LogP) is 4.24. The van der Waals surface area contributed by atoms with Crippen LogP contribution in [0.2, 0.25) is 0 Å². The number of hydrogen-bond donors (Lipinski definition) is 2. The van der Waals surface area contributed by atoms with Crippen LogP contribution in [0, 0.1) is 6.92 Å². The smallest absolute Gasteiger partial charge is 0.303 e. The second-order valence-corrected chi connectivity index (χ2v) is 9.34. The maximum atomic E-state index is 13.1. The number of rotatable bonds is 8. The fourth-order valence-electron chi connectivity index (χ4n) is 3.40. The van der Waals surface area contributed by atoms with E-state index < -0.39 is 17.0 Å². The lowest BCUT2D eigenvalue weighted by atomic mass is 10.0. The Bertz CT molecular complexity index is 834. The third kappa shape index (κ3) is 4.59. The van der Waals surface area contributed by atoms with Crippen LogP contribution < -0.4 is 9.62 Å². The van der Waals surface area contributed by atoms with Crippen molar-refractivity contribution in [2.75, 3.05) is 17.9 Å². The predicted molar refractivity (Wildman–Crippen MR) is 111 cm³/mol. The Hall–Kier alpha value is -1.70. The van der Waals surface area contributed by atoms with Crippen molar-refractivity contribution in [3.8, 4) is 0 Å². The largest absolute Gasteiger partial charge is 0.481 e. The summed E-state index contributed by atoms with van der Waals surface area (Å²) in [6.45, 7) is 2.87. The molecule has 146 valence electrons. The monoisotopic (exact) mass is 406 g/mol. The highest BCUT2D eigenvalue weighted by molar-refractivity contribution is 7.86. The Morgan fingerprint density at radius 2 is 2.04 bits per heavy atom. The van der Waals surface area contributed by atoms with Gasteiger partial charge in [-0.2, -0.15) is 0 Å². The lowest BCUT2D eigenvalue weighted by molar-refractivity contribution is -0.137. The van der Waals surface area contributed by atoms with E-state index in [-0.39, 0.29) is 12.5 Å². The van der Waals surface area contributed by atoms with Crippen molar-refractivity contribution < 1.29 is 14.1 Å². The number of fused-ring (bicyclic) bond motifs is 2. The van der Waals surface area contributed by atoms with Gasteiger partial charge in [0.25, 0.3) is 0 Å². The van der Waals surface area contributed by atoms with Gasteiger partial charge in [-0.05, 0) is 54.9 Å². The topological polar surface area (TPSA) is 69.6 Å². The van der Waals surface area contributed by atoms with Gasteiger partial charge in [-0.1, -0.05) is 25.0 Å². The number of thiophene rings is 1. The Kier molecular flexibility index (Phi) is 6.68. The summed E-state index contributed by atoms with van der Waals surface area (Å²) in [7, 11) is 0.668. The van der Waals surface area contributed by atoms with Crippen LogP contribution >= 0.6 is 11.3 Å². The molecule has 1 aromatic heterocycles. The second kappa shape index (κ2) is 8.99. The maximum Gasteiger partial charge on any atom is 0.303 e. The van der Waals surface area contributed by atoms with Gasteiger partial charge in [0.15, 0.2) is 11.0 Å². The average molecular weight is 407 g/mol. The van der Waals surface area contributed by atoms with E-state index in [9.17, 15) is 9.00 Å². The summed E-state index contributed by atoms with van der Waals surface area (Å²) in [4.78, 5) is 12.6. The highest BCUT2D eigenvalue weighted by Gasteiger charge is 2.30. The van der Waals surface area contributed by atoms with E-state index in [2.05, 4.69) is 22.8 Å². The fraction of sp³-hybridized carbons (Fsp3) is 0.450. The van der Waals surface area contributed by atoms with Crippen LogP contribution in [-0.4, -0.2) is 28.9 Å². The first-order valence-electron chi connectivity index (χ1n) is 9.27. The van der Waals surface area contributed by atoms with E-state index in [0.29, 0.717) is 0 Å². The number of nitrogens with zero attached hydrogens (tertiary/aromatic N) is 1. The van der Waals surface area contributed by atoms with E-state index in [0.717, 1.165) is 53.9 Å². The Labute approximate surface area is 167 Å². The fourth-order valence-corrected chi connectivity index (χ4v) is 5.78. The van der Waals surface area contributed by atoms with E-state index in [1.54, 1.807) is 11.3 Å². The van der Waals surface area contributed by atoms with Crippen molar-refractivity contribution in [1.29, 1.82) is 0 Å². The summed E-state index contributed by atoms with van der Waals surface area (Å²) < 4.78 is 14.9. The molecule has 27 heavy (non-hydrogen) atoms. The quantitative estimate of drug-likeness (QED) is 0.643. The van der Waals surface area contributed by atoms with E-state index in [4.69, 9.17) is 5.11 Å². The number of carbonyl (C=O) groups is 1. The summed E-state index contributed by atoms with van der Waals surface area (Å²) >= 11 is 1.69. The van der Waals surface area contributed by atoms with Crippen LogP contribution in [0.15, 0.2) is 34.5 Å². The van der Waals surface area contributed by atoms with Gasteiger partial charge in [0.2, 0.25) is 0 Å². The Morgan fingerprint density at radius 1 is 1.26 bits per heavy atom. The Balaban J connectivity index is 1.73. The third-order valence-corrected chi connectivity index (χ3v) is 7.25.